The molecule has 746 valence electrons. The predicted octanol–water partition coefficient (Wildman–Crippen LogP) is 40.9. The van der Waals surface area contributed by atoms with Gasteiger partial charge in [-0.2, -0.15) is 26.3 Å². The lowest BCUT2D eigenvalue weighted by molar-refractivity contribution is -0.211. The largest absolute Gasteiger partial charge is 0.394 e. The quantitative estimate of drug-likeness (QED) is 0.0846. The monoisotopic (exact) mass is 1920 g/mol. The SMILES string of the molecule is Cc1ccc(-c2ccc(C)c(C)c2)c(C)c1.Cc1ccc(-c2ccc(C)cc2C)cc1.Cc1ccc(-c2ccc(CC(C)(C)C(F)(F)F)cc2)cc1C(C)C.Cc1ccc(-c2ccc(CC(C)(C)C(F)(F)F)cc2C)cc1.Cc1ccc(-c2ccc(CC(C)(C)C)cc2C)cc1.Cc1ccc(-c2ccc(CC(C)C)cc2C)cc1.Cc1ccc(-c2ccccc2C)cc1.Cc1ccc(-c2ccccc2C)cc1C. The molecule has 0 atom stereocenters. The van der Waals surface area contributed by atoms with Crippen LogP contribution >= 0.6 is 0 Å². The van der Waals surface area contributed by atoms with Crippen LogP contribution in [-0.4, -0.2) is 12.4 Å². The maximum atomic E-state index is 13.0. The molecule has 0 aromatic heterocycles. The third-order valence-corrected chi connectivity index (χ3v) is 26.8. The molecule has 0 aliphatic heterocycles. The van der Waals surface area contributed by atoms with Crippen LogP contribution in [0.2, 0.25) is 0 Å². The first kappa shape index (κ1) is 114. The smallest absolute Gasteiger partial charge is 0.171 e. The van der Waals surface area contributed by atoms with Gasteiger partial charge in [0.15, 0.2) is 0 Å². The lowest BCUT2D eigenvalue weighted by atomic mass is 9.84. The van der Waals surface area contributed by atoms with E-state index in [4.69, 9.17) is 0 Å². The Hall–Kier alpha value is -12.9. The summed E-state index contributed by atoms with van der Waals surface area (Å²) < 4.78 is 78.1. The van der Waals surface area contributed by atoms with E-state index in [-0.39, 0.29) is 12.8 Å². The van der Waals surface area contributed by atoms with Gasteiger partial charge in [0.1, 0.15) is 0 Å². The average Bonchev–Trinajstić information content (AvgIpc) is 0.804. The molecule has 0 unspecified atom stereocenters. The molecular weight excluding hydrogens is 1760 g/mol. The summed E-state index contributed by atoms with van der Waals surface area (Å²) >= 11 is 0. The topological polar surface area (TPSA) is 0 Å². The van der Waals surface area contributed by atoms with Crippen molar-refractivity contribution in [1.82, 2.24) is 0 Å². The molecule has 143 heavy (non-hydrogen) atoms. The summed E-state index contributed by atoms with van der Waals surface area (Å²) in [5.41, 5.74) is 47.5. The molecule has 0 heterocycles. The molecule has 16 aromatic carbocycles. The first-order valence-electron chi connectivity index (χ1n) is 50.6. The fourth-order valence-corrected chi connectivity index (χ4v) is 17.6. The summed E-state index contributed by atoms with van der Waals surface area (Å²) in [6.45, 7) is 61.2. The van der Waals surface area contributed by atoms with E-state index >= 15 is 0 Å². The Labute approximate surface area is 856 Å². The van der Waals surface area contributed by atoms with Crippen molar-refractivity contribution in [2.45, 2.75) is 252 Å². The van der Waals surface area contributed by atoms with Gasteiger partial charge in [-0.05, 0) is 358 Å². The molecule has 16 aromatic rings. The van der Waals surface area contributed by atoms with E-state index in [0.29, 0.717) is 16.9 Å². The highest BCUT2D eigenvalue weighted by molar-refractivity contribution is 5.75. The van der Waals surface area contributed by atoms with Gasteiger partial charge in [-0.15, -0.1) is 0 Å². The second-order valence-corrected chi connectivity index (χ2v) is 43.0. The third kappa shape index (κ3) is 34.4. The molecule has 0 bridgehead atoms. The van der Waals surface area contributed by atoms with E-state index in [1.165, 1.54) is 211 Å². The van der Waals surface area contributed by atoms with Crippen molar-refractivity contribution in [3.63, 3.8) is 0 Å². The van der Waals surface area contributed by atoms with Crippen LogP contribution < -0.4 is 0 Å². The molecule has 0 saturated carbocycles. The fraction of sp³-hybridized carbons (Fsp3) is 0.299. The molecule has 0 aliphatic carbocycles. The average molecular weight is 1920 g/mol. The van der Waals surface area contributed by atoms with E-state index in [1.54, 1.807) is 18.2 Å². The van der Waals surface area contributed by atoms with Gasteiger partial charge in [-0.3, -0.25) is 0 Å². The highest BCUT2D eigenvalue weighted by Gasteiger charge is 2.48. The number of hydrogen-bond acceptors (Lipinski definition) is 0. The molecule has 0 amide bonds. The number of benzene rings is 16. The summed E-state index contributed by atoms with van der Waals surface area (Å²) in [7, 11) is 0. The number of rotatable bonds is 16. The van der Waals surface area contributed by atoms with Crippen molar-refractivity contribution in [1.29, 1.82) is 0 Å². The summed E-state index contributed by atoms with van der Waals surface area (Å²) in [6, 6.07) is 120. The van der Waals surface area contributed by atoms with E-state index in [9.17, 15) is 26.3 Å². The summed E-state index contributed by atoms with van der Waals surface area (Å²) in [5.74, 6) is 1.16. The van der Waals surface area contributed by atoms with Gasteiger partial charge in [-0.1, -0.05) is 455 Å². The molecule has 6 heteroatoms. The number of alkyl halides is 6. The zero-order valence-corrected chi connectivity index (χ0v) is 91.1. The third-order valence-electron chi connectivity index (χ3n) is 26.8. The van der Waals surface area contributed by atoms with Crippen LogP contribution in [-0.2, 0) is 25.7 Å². The normalized spacial score (nSPS) is 11.3. The van der Waals surface area contributed by atoms with E-state index < -0.39 is 23.2 Å². The molecule has 0 aliphatic rings. The lowest BCUT2D eigenvalue weighted by Crippen LogP contribution is -2.34. The van der Waals surface area contributed by atoms with E-state index in [2.05, 4.69) is 439 Å². The summed E-state index contributed by atoms with van der Waals surface area (Å²) in [6.07, 6.45) is -6.13. The van der Waals surface area contributed by atoms with E-state index in [0.717, 1.165) is 52.1 Å². The Morgan fingerprint density at radius 2 is 0.441 bits per heavy atom. The fourth-order valence-electron chi connectivity index (χ4n) is 17.6. The van der Waals surface area contributed by atoms with Gasteiger partial charge in [0.25, 0.3) is 0 Å². The molecule has 0 nitrogen and oxygen atoms in total. The van der Waals surface area contributed by atoms with Gasteiger partial charge in [0, 0.05) is 0 Å². The van der Waals surface area contributed by atoms with Crippen LogP contribution in [0.15, 0.2) is 340 Å². The second-order valence-electron chi connectivity index (χ2n) is 43.0. The highest BCUT2D eigenvalue weighted by atomic mass is 19.4. The minimum absolute atomic E-state index is 0.00841. The van der Waals surface area contributed by atoms with Crippen molar-refractivity contribution >= 4 is 0 Å². The zero-order chi connectivity index (χ0) is 105. The highest BCUT2D eigenvalue weighted by Crippen LogP contribution is 2.43. The first-order valence-corrected chi connectivity index (χ1v) is 50.6. The minimum atomic E-state index is -4.20. The number of halogens is 6. The van der Waals surface area contributed by atoms with Crippen LogP contribution in [0.1, 0.15) is 216 Å². The summed E-state index contributed by atoms with van der Waals surface area (Å²) in [4.78, 5) is 0. The molecule has 0 fully saturated rings. The van der Waals surface area contributed by atoms with Crippen LogP contribution in [0.25, 0.3) is 89.0 Å². The van der Waals surface area contributed by atoms with Crippen molar-refractivity contribution in [2.24, 2.45) is 22.2 Å². The van der Waals surface area contributed by atoms with Crippen molar-refractivity contribution < 1.29 is 26.3 Å². The molecule has 0 radical (unpaired) electrons. The molecule has 0 saturated heterocycles. The van der Waals surface area contributed by atoms with Crippen molar-refractivity contribution in [2.75, 3.05) is 0 Å². The van der Waals surface area contributed by atoms with Crippen molar-refractivity contribution in [3.8, 4) is 89.0 Å². The predicted molar refractivity (Wildman–Crippen MR) is 608 cm³/mol. The maximum absolute atomic E-state index is 13.0. The van der Waals surface area contributed by atoms with Gasteiger partial charge < -0.3 is 0 Å². The Morgan fingerprint density at radius 3 is 0.748 bits per heavy atom. The lowest BCUT2D eigenvalue weighted by Gasteiger charge is -2.28. The van der Waals surface area contributed by atoms with E-state index in [1.807, 2.05) is 62.4 Å². The molecule has 0 N–H and O–H groups in total. The standard InChI is InChI=1S/C21H25F3.C19H21F3.C19H24.C18H22.C16H18.2C15H16.C14H14/c1-14(2)19-12-18(9-6-15(19)3)17-10-7-16(8-11-17)13-20(4,5)21(22,23)24;1-13-5-8-16(9-6-13)17-10-7-15(11-14(17)2)12-18(3,4)19(20,21)22;1-14-6-9-17(10-7-14)18-11-8-16(12-15(18)2)13-19(3,4)5;1-13(2)11-16-7-10-18(15(4)12-16)17-8-5-14(3)6-9-17;1-11-5-8-16(14(4)9-11)15-7-6-12(2)13(3)10-15;1-11-4-7-14(8-5-11)15-9-6-12(2)10-13(15)3;1-11-8-9-14(10-13(11)3)15-7-5-4-6-12(15)2;1-11-7-9-13(10-8-11)14-6-4-3-5-12(14)2/h6-12,14H,13H2,1-5H3;5-11H,12H2,1-4H3;6-12H,13H2,1-5H3;5-10,12-13H,11H2,1-4H3;5-10H,1-4H3;2*4-10H,1-3H3;3-10H,1-2H3. The summed E-state index contributed by atoms with van der Waals surface area (Å²) in [5, 5.41) is 0. The molecule has 16 rings (SSSR count). The van der Waals surface area contributed by atoms with Gasteiger partial charge in [0.2, 0.25) is 0 Å². The number of hydrogen-bond donors (Lipinski definition) is 0. The molecule has 0 spiro atoms. The Bertz CT molecular complexity index is 6780. The molecular formula is C137H156F6. The Kier molecular flexibility index (Phi) is 40.8. The zero-order valence-electron chi connectivity index (χ0n) is 91.1. The van der Waals surface area contributed by atoms with Crippen LogP contribution in [0.5, 0.6) is 0 Å². The van der Waals surface area contributed by atoms with Crippen molar-refractivity contribution in [3.05, 3.63) is 473 Å². The van der Waals surface area contributed by atoms with Crippen LogP contribution in [0.4, 0.5) is 26.3 Å². The second kappa shape index (κ2) is 51.4. The van der Waals surface area contributed by atoms with Gasteiger partial charge >= 0.3 is 12.4 Å². The minimum Gasteiger partial charge on any atom is -0.171 e. The Morgan fingerprint density at radius 1 is 0.189 bits per heavy atom. The van der Waals surface area contributed by atoms with Crippen LogP contribution in [0.3, 0.4) is 0 Å². The first-order chi connectivity index (χ1) is 67.2. The van der Waals surface area contributed by atoms with Gasteiger partial charge in [-0.25, -0.2) is 0 Å². The maximum Gasteiger partial charge on any atom is 0.394 e. The van der Waals surface area contributed by atoms with Gasteiger partial charge in [0.05, 0.1) is 10.8 Å². The number of aryl methyl sites for hydroxylation is 19. The van der Waals surface area contributed by atoms with Crippen LogP contribution in [0, 0.1) is 154 Å². The Balaban J connectivity index is 0.000000183.